The number of carbonyl (C=O) groups excluding carboxylic acids is 12. The van der Waals surface area contributed by atoms with Crippen molar-refractivity contribution in [3.63, 3.8) is 0 Å². The topological polar surface area (TPSA) is 509 Å². The monoisotopic (exact) mass is 1240 g/mol. The van der Waals surface area contributed by atoms with E-state index in [2.05, 4.69) is 53.2 Å². The number of nitrogens with two attached hydrogens (primary N) is 2. The molecule has 0 aromatic heterocycles. The zero-order valence-electron chi connectivity index (χ0n) is 47.7. The molecule has 9 atom stereocenters. The Bertz CT molecular complexity index is 2580. The summed E-state index contributed by atoms with van der Waals surface area (Å²) in [6.07, 6.45) is -3.43. The van der Waals surface area contributed by atoms with Crippen molar-refractivity contribution in [1.29, 1.82) is 0 Å². The maximum atomic E-state index is 14.3. The molecule has 31 nitrogen and oxygen atoms in total. The number of phenols is 1. The van der Waals surface area contributed by atoms with Crippen LogP contribution < -0.4 is 64.6 Å². The number of carboxylic acid groups (broad SMARTS) is 3. The number of amides is 12. The van der Waals surface area contributed by atoms with Crippen LogP contribution in [-0.4, -0.2) is 194 Å². The molecule has 472 valence electrons. The van der Waals surface area contributed by atoms with Crippen LogP contribution in [-0.2, 0) is 78.3 Å². The standard InChI is InChI=1S/C52H78N12O19S2/c1-25(2)19-33-49(80)63-36(44(54)75)23-85-24-39(68)57-29(7-6-8-40(69)70)45(76)58-30(13-15-41(71)72)47(78)62-35(21-37(53)66)51(82)64-43(26(3)4)52(83)55-22-38(67)56-32(17-18-84-5)48(79)61-34(20-27-9-11-28(65)12-10-27)50(81)59-31(46(77)60-33)14-16-42(73)74/h9-12,25-26,29-36,43,65H,6-8,13-24H2,1-5H3,(H2,53,66)(H2,54,75)(H,55,83)(H,56,67)(H,57,68)(H,58,76)(H,59,81)(H,60,77)(H,61,79)(H,62,78)(H,63,80)(H,64,82)(H,69,70)(H,71,72)(H,73,74)/t29-,30-,31-,32-,33-,34-,35-,36-,43-/m0/s1. The molecular weight excluding hydrogens is 1160 g/mol. The number of primary amides is 2. The van der Waals surface area contributed by atoms with Gasteiger partial charge in [0, 0.05) is 31.4 Å². The molecular formula is C52H78N12O19S2. The second-order valence-corrected chi connectivity index (χ2v) is 22.6. The number of carboxylic acids is 3. The molecule has 18 N–H and O–H groups in total. The highest BCUT2D eigenvalue weighted by Crippen LogP contribution is 2.15. The van der Waals surface area contributed by atoms with E-state index in [0.717, 1.165) is 0 Å². The lowest BCUT2D eigenvalue weighted by Crippen LogP contribution is -2.60. The zero-order chi connectivity index (χ0) is 64.1. The molecule has 0 aliphatic carbocycles. The summed E-state index contributed by atoms with van der Waals surface area (Å²) in [4.78, 5) is 199. The SMILES string of the molecule is CSCC[C@@H]1NC(=O)CNC(=O)[C@H](C(C)C)NC(=O)[C@H](CC(N)=O)NC(=O)[C@H](CCC(=O)O)NC(=O)[C@H](CCCC(=O)O)NC(=O)CSC[C@@H](C(N)=O)NC(=O)[C@H](CC(C)C)NC(=O)[C@H](CCC(=O)O)NC(=O)[C@H](Cc2ccc(O)cc2)NC1=O. The summed E-state index contributed by atoms with van der Waals surface area (Å²) in [5.74, 6) is -18.8. The van der Waals surface area contributed by atoms with E-state index in [1.807, 2.05) is 0 Å². The number of benzene rings is 1. The first-order valence-electron chi connectivity index (χ1n) is 27.0. The van der Waals surface area contributed by atoms with Crippen molar-refractivity contribution in [2.24, 2.45) is 23.3 Å². The van der Waals surface area contributed by atoms with Crippen LogP contribution in [0.5, 0.6) is 5.75 Å². The summed E-state index contributed by atoms with van der Waals surface area (Å²) >= 11 is 1.99. The number of aromatic hydroxyl groups is 1. The van der Waals surface area contributed by atoms with Gasteiger partial charge in [-0.1, -0.05) is 39.8 Å². The zero-order valence-corrected chi connectivity index (χ0v) is 49.3. The average molecular weight is 1240 g/mol. The first-order valence-corrected chi connectivity index (χ1v) is 29.5. The molecule has 12 amide bonds. The van der Waals surface area contributed by atoms with E-state index >= 15 is 0 Å². The summed E-state index contributed by atoms with van der Waals surface area (Å²) < 4.78 is 0. The smallest absolute Gasteiger partial charge is 0.303 e. The molecule has 0 unspecified atom stereocenters. The van der Waals surface area contributed by atoms with Gasteiger partial charge in [0.05, 0.1) is 18.7 Å². The lowest BCUT2D eigenvalue weighted by Gasteiger charge is -2.27. The average Bonchev–Trinajstić information content (AvgIpc) is 3.47. The molecule has 85 heavy (non-hydrogen) atoms. The molecule has 1 aliphatic heterocycles. The fraction of sp³-hybridized carbons (Fsp3) is 0.596. The second kappa shape index (κ2) is 37.2. The Labute approximate surface area is 497 Å². The van der Waals surface area contributed by atoms with E-state index in [4.69, 9.17) is 11.5 Å². The summed E-state index contributed by atoms with van der Waals surface area (Å²) in [5.41, 5.74) is 11.4. The van der Waals surface area contributed by atoms with Gasteiger partial charge in [0.2, 0.25) is 70.9 Å². The van der Waals surface area contributed by atoms with E-state index < -0.39 is 206 Å². The van der Waals surface area contributed by atoms with Crippen molar-refractivity contribution in [3.05, 3.63) is 29.8 Å². The number of rotatable bonds is 21. The molecule has 0 radical (unpaired) electrons. The Morgan fingerprint density at radius 2 is 1.02 bits per heavy atom. The van der Waals surface area contributed by atoms with Gasteiger partial charge in [0.1, 0.15) is 60.1 Å². The van der Waals surface area contributed by atoms with Gasteiger partial charge in [-0.25, -0.2) is 0 Å². The highest BCUT2D eigenvalue weighted by atomic mass is 32.2. The molecule has 1 saturated heterocycles. The summed E-state index contributed by atoms with van der Waals surface area (Å²) in [6, 6.07) is -9.06. The number of nitrogens with one attached hydrogen (secondary N) is 10. The molecule has 1 fully saturated rings. The molecule has 1 aromatic rings. The van der Waals surface area contributed by atoms with Crippen molar-refractivity contribution in [2.75, 3.05) is 30.1 Å². The van der Waals surface area contributed by atoms with Crippen LogP contribution in [0, 0.1) is 11.8 Å². The fourth-order valence-electron chi connectivity index (χ4n) is 8.14. The molecule has 1 heterocycles. The number of thioether (sulfide) groups is 2. The Morgan fingerprint density at radius 1 is 0.565 bits per heavy atom. The second-order valence-electron chi connectivity index (χ2n) is 20.6. The Balaban J connectivity index is 2.79. The van der Waals surface area contributed by atoms with E-state index in [0.29, 0.717) is 17.3 Å². The van der Waals surface area contributed by atoms with Crippen LogP contribution in [0.1, 0.15) is 97.5 Å². The van der Waals surface area contributed by atoms with Gasteiger partial charge < -0.3 is 85.1 Å². The lowest BCUT2D eigenvalue weighted by atomic mass is 10.0. The van der Waals surface area contributed by atoms with Crippen molar-refractivity contribution in [1.82, 2.24) is 53.2 Å². The van der Waals surface area contributed by atoms with Gasteiger partial charge in [-0.15, -0.1) is 11.8 Å². The molecule has 2 rings (SSSR count). The van der Waals surface area contributed by atoms with E-state index in [-0.39, 0.29) is 49.5 Å². The minimum absolute atomic E-state index is 0.0562. The Kier molecular flexibility index (Phi) is 31.9. The minimum Gasteiger partial charge on any atom is -0.508 e. The van der Waals surface area contributed by atoms with Crippen molar-refractivity contribution >= 4 is 112 Å². The Morgan fingerprint density at radius 3 is 1.52 bits per heavy atom. The molecule has 33 heteroatoms. The van der Waals surface area contributed by atoms with Crippen molar-refractivity contribution in [2.45, 2.75) is 153 Å². The van der Waals surface area contributed by atoms with E-state index in [1.165, 1.54) is 49.9 Å². The third-order valence-corrected chi connectivity index (χ3v) is 14.3. The van der Waals surface area contributed by atoms with Gasteiger partial charge in [0.25, 0.3) is 0 Å². The van der Waals surface area contributed by atoms with Gasteiger partial charge in [-0.3, -0.25) is 71.9 Å². The first-order chi connectivity index (χ1) is 39.9. The molecule has 0 spiro atoms. The maximum Gasteiger partial charge on any atom is 0.303 e. The van der Waals surface area contributed by atoms with Crippen LogP contribution in [0.25, 0.3) is 0 Å². The van der Waals surface area contributed by atoms with E-state index in [9.17, 15) is 92.3 Å². The summed E-state index contributed by atoms with van der Waals surface area (Å²) in [5, 5.41) is 62.5. The molecule has 0 saturated carbocycles. The number of hydrogen-bond donors (Lipinski definition) is 16. The van der Waals surface area contributed by atoms with Crippen LogP contribution in [0.15, 0.2) is 24.3 Å². The first kappa shape index (κ1) is 72.9. The van der Waals surface area contributed by atoms with Gasteiger partial charge in [-0.05, 0) is 80.1 Å². The van der Waals surface area contributed by atoms with E-state index in [1.54, 1.807) is 20.1 Å². The largest absolute Gasteiger partial charge is 0.508 e. The quantitative estimate of drug-likeness (QED) is 0.0557. The predicted octanol–water partition coefficient (Wildman–Crippen LogP) is -4.04. The minimum atomic E-state index is -1.88. The van der Waals surface area contributed by atoms with Gasteiger partial charge in [0.15, 0.2) is 0 Å². The van der Waals surface area contributed by atoms with Crippen LogP contribution in [0.3, 0.4) is 0 Å². The number of phenolic OH excluding ortho intramolecular Hbond substituents is 1. The fourth-order valence-corrected chi connectivity index (χ4v) is 9.48. The highest BCUT2D eigenvalue weighted by Gasteiger charge is 2.36. The van der Waals surface area contributed by atoms with Gasteiger partial charge in [-0.2, -0.15) is 11.8 Å². The predicted molar refractivity (Wildman–Crippen MR) is 305 cm³/mol. The van der Waals surface area contributed by atoms with Crippen LogP contribution >= 0.6 is 23.5 Å². The summed E-state index contributed by atoms with van der Waals surface area (Å²) in [6.45, 7) is 5.51. The summed E-state index contributed by atoms with van der Waals surface area (Å²) in [7, 11) is 0. The number of aliphatic carboxylic acids is 3. The third-order valence-electron chi connectivity index (χ3n) is 12.6. The van der Waals surface area contributed by atoms with Crippen molar-refractivity contribution in [3.8, 4) is 5.75 Å². The normalized spacial score (nSPS) is 23.7. The number of carbonyl (C=O) groups is 15. The van der Waals surface area contributed by atoms with Gasteiger partial charge >= 0.3 is 17.9 Å². The molecule has 1 aromatic carbocycles. The number of hydrogen-bond acceptors (Lipinski definition) is 18. The lowest BCUT2D eigenvalue weighted by molar-refractivity contribution is -0.139. The maximum absolute atomic E-state index is 14.3. The van der Waals surface area contributed by atoms with Crippen LogP contribution in [0.2, 0.25) is 0 Å². The molecule has 0 bridgehead atoms. The third kappa shape index (κ3) is 28.3. The molecule has 1 aliphatic rings. The van der Waals surface area contributed by atoms with Crippen molar-refractivity contribution < 1.29 is 92.3 Å². The van der Waals surface area contributed by atoms with Crippen LogP contribution in [0.4, 0.5) is 0 Å². The highest BCUT2D eigenvalue weighted by molar-refractivity contribution is 8.00. The Hall–Kier alpha value is -8.23.